The normalized spacial score (nSPS) is 17.8. The third-order valence-electron chi connectivity index (χ3n) is 7.31. The first-order valence-corrected chi connectivity index (χ1v) is 15.1. The number of alkyl halides is 1. The summed E-state index contributed by atoms with van der Waals surface area (Å²) >= 11 is 0. The molecule has 0 aromatic heterocycles. The molecule has 2 aromatic carbocycles. The van der Waals surface area contributed by atoms with Crippen molar-refractivity contribution in [1.82, 2.24) is 19.8 Å². The summed E-state index contributed by atoms with van der Waals surface area (Å²) in [6.07, 6.45) is 0.0522. The second-order valence-electron chi connectivity index (χ2n) is 10.2. The Hall–Kier alpha value is -3.86. The molecule has 2 aliphatic heterocycles. The monoisotopic (exact) mass is 618 g/mol. The van der Waals surface area contributed by atoms with Crippen LogP contribution in [0.25, 0.3) is 0 Å². The minimum Gasteiger partial charge on any atom is -0.536 e. The van der Waals surface area contributed by atoms with Crippen LogP contribution in [0.1, 0.15) is 29.2 Å². The molecule has 230 valence electrons. The van der Waals surface area contributed by atoms with Crippen molar-refractivity contribution in [2.24, 2.45) is 0 Å². The standard InChI is InChI=1S/C27H32BFN4O9S/c1-17-3-2-4-19-15-20(28(39)42-24(17)19)16-22(35)23(18-5-7-21(8-6-18)43(40,41)30-10-14-34)31-27(38)33-13-12-32(11-9-29)25(36)26(33)37/h2-8,20,23,30,34,39H,9-16H2,1H3,(H,31,38)/t20-,23?/m1/s1. The number of sulfonamides is 1. The lowest BCUT2D eigenvalue weighted by Gasteiger charge is -2.33. The average molecular weight is 618 g/mol. The quantitative estimate of drug-likeness (QED) is 0.201. The van der Waals surface area contributed by atoms with Crippen LogP contribution in [0.15, 0.2) is 47.4 Å². The Morgan fingerprint density at radius 3 is 2.53 bits per heavy atom. The van der Waals surface area contributed by atoms with Gasteiger partial charge in [-0.15, -0.1) is 0 Å². The van der Waals surface area contributed by atoms with E-state index in [4.69, 9.17) is 9.76 Å². The molecule has 0 saturated carbocycles. The lowest BCUT2D eigenvalue weighted by molar-refractivity contribution is -0.153. The molecule has 13 nitrogen and oxygen atoms in total. The van der Waals surface area contributed by atoms with Gasteiger partial charge in [0.15, 0.2) is 5.78 Å². The third-order valence-corrected chi connectivity index (χ3v) is 8.78. The molecule has 1 unspecified atom stereocenters. The fourth-order valence-electron chi connectivity index (χ4n) is 5.03. The van der Waals surface area contributed by atoms with Crippen molar-refractivity contribution in [3.63, 3.8) is 0 Å². The van der Waals surface area contributed by atoms with Crippen molar-refractivity contribution in [2.75, 3.05) is 39.5 Å². The highest BCUT2D eigenvalue weighted by Gasteiger charge is 2.40. The number of aryl methyl sites for hydroxylation is 1. The summed E-state index contributed by atoms with van der Waals surface area (Å²) in [5.74, 6) is -2.95. The molecule has 0 aliphatic carbocycles. The number of hydrogen-bond acceptors (Lipinski definition) is 9. The van der Waals surface area contributed by atoms with Crippen molar-refractivity contribution in [3.8, 4) is 5.75 Å². The minimum absolute atomic E-state index is 0.0850. The number of aliphatic hydroxyl groups is 1. The zero-order chi connectivity index (χ0) is 31.3. The van der Waals surface area contributed by atoms with Gasteiger partial charge in [-0.2, -0.15) is 0 Å². The lowest BCUT2D eigenvalue weighted by atomic mass is 9.64. The molecule has 2 atom stereocenters. The highest BCUT2D eigenvalue weighted by atomic mass is 32.2. The van der Waals surface area contributed by atoms with Gasteiger partial charge in [-0.1, -0.05) is 30.3 Å². The molecule has 4 rings (SSSR count). The number of carbonyl (C=O) groups is 4. The first-order chi connectivity index (χ1) is 20.5. The van der Waals surface area contributed by atoms with Crippen LogP contribution in [-0.2, 0) is 30.8 Å². The van der Waals surface area contributed by atoms with Gasteiger partial charge in [0, 0.05) is 38.4 Å². The summed E-state index contributed by atoms with van der Waals surface area (Å²) in [5.41, 5.74) is 1.79. The van der Waals surface area contributed by atoms with Crippen LogP contribution < -0.4 is 14.7 Å². The maximum absolute atomic E-state index is 13.7. The number of nitrogens with one attached hydrogen (secondary N) is 2. The van der Waals surface area contributed by atoms with Crippen LogP contribution in [0.4, 0.5) is 9.18 Å². The first kappa shape index (κ1) is 32.1. The van der Waals surface area contributed by atoms with Crippen molar-refractivity contribution in [3.05, 3.63) is 59.2 Å². The largest absolute Gasteiger partial charge is 0.536 e. The van der Waals surface area contributed by atoms with Crippen LogP contribution in [0.3, 0.4) is 0 Å². The Kier molecular flexibility index (Phi) is 10.2. The van der Waals surface area contributed by atoms with E-state index in [9.17, 15) is 37.0 Å². The Bertz CT molecular complexity index is 1490. The molecule has 1 fully saturated rings. The fourth-order valence-corrected chi connectivity index (χ4v) is 6.05. The molecule has 2 aromatic rings. The van der Waals surface area contributed by atoms with E-state index in [1.165, 1.54) is 24.3 Å². The molecule has 16 heteroatoms. The van der Waals surface area contributed by atoms with Gasteiger partial charge < -0.3 is 25.0 Å². The second-order valence-corrected chi connectivity index (χ2v) is 12.0. The molecule has 0 spiro atoms. The van der Waals surface area contributed by atoms with E-state index in [-0.39, 0.29) is 43.1 Å². The van der Waals surface area contributed by atoms with E-state index in [2.05, 4.69) is 10.0 Å². The van der Waals surface area contributed by atoms with E-state index in [0.717, 1.165) is 16.0 Å². The molecule has 4 N–H and O–H groups in total. The zero-order valence-corrected chi connectivity index (χ0v) is 24.2. The molecule has 1 saturated heterocycles. The van der Waals surface area contributed by atoms with Crippen LogP contribution >= 0.6 is 0 Å². The molecule has 0 radical (unpaired) electrons. The summed E-state index contributed by atoms with van der Waals surface area (Å²) < 4.78 is 45.5. The Labute approximate surface area is 248 Å². The summed E-state index contributed by atoms with van der Waals surface area (Å²) in [7, 11) is -5.28. The topological polar surface area (TPSA) is 183 Å². The maximum atomic E-state index is 13.7. The van der Waals surface area contributed by atoms with Crippen LogP contribution in [0.2, 0.25) is 5.82 Å². The lowest BCUT2D eigenvalue weighted by Crippen LogP contribution is -2.59. The van der Waals surface area contributed by atoms with Gasteiger partial charge in [-0.3, -0.25) is 19.3 Å². The second kappa shape index (κ2) is 13.6. The molecular formula is C27H32BFN4O9S. The van der Waals surface area contributed by atoms with Gasteiger partial charge in [-0.05, 0) is 42.2 Å². The highest BCUT2D eigenvalue weighted by molar-refractivity contribution is 7.89. The van der Waals surface area contributed by atoms with Crippen molar-refractivity contribution < 1.29 is 46.8 Å². The van der Waals surface area contributed by atoms with Gasteiger partial charge in [0.05, 0.1) is 11.5 Å². The molecule has 43 heavy (non-hydrogen) atoms. The molecular weight excluding hydrogens is 586 g/mol. The van der Waals surface area contributed by atoms with E-state index in [1.807, 2.05) is 25.1 Å². The van der Waals surface area contributed by atoms with Gasteiger partial charge in [0.2, 0.25) is 10.0 Å². The Morgan fingerprint density at radius 2 is 1.86 bits per heavy atom. The number of Topliss-reactive ketones (excluding diaryl/α,β-unsaturated/α-hetero) is 1. The number of aliphatic hydroxyl groups excluding tert-OH is 1. The number of hydrogen-bond donors (Lipinski definition) is 4. The predicted molar refractivity (Wildman–Crippen MR) is 151 cm³/mol. The minimum atomic E-state index is -3.96. The number of amides is 4. The number of rotatable bonds is 11. The van der Waals surface area contributed by atoms with Crippen LogP contribution in [0, 0.1) is 6.92 Å². The van der Waals surface area contributed by atoms with Gasteiger partial charge in [0.25, 0.3) is 0 Å². The molecule has 2 aliphatic rings. The van der Waals surface area contributed by atoms with E-state index >= 15 is 0 Å². The molecule has 4 amide bonds. The number of benzene rings is 2. The number of ketones is 1. The van der Waals surface area contributed by atoms with Crippen molar-refractivity contribution in [2.45, 2.75) is 36.5 Å². The maximum Gasteiger partial charge on any atom is 0.526 e. The van der Waals surface area contributed by atoms with Crippen LogP contribution in [-0.4, -0.2) is 98.6 Å². The van der Waals surface area contributed by atoms with Gasteiger partial charge >= 0.3 is 25.0 Å². The predicted octanol–water partition coefficient (Wildman–Crippen LogP) is 0.102. The Balaban J connectivity index is 1.58. The SMILES string of the molecule is Cc1cccc2c1OB(O)[C@@H](CC(=O)C(NC(=O)N1CCN(CCF)C(=O)C1=O)c1ccc(S(=O)(=O)NCCO)cc1)C2. The summed E-state index contributed by atoms with van der Waals surface area (Å²) in [4.78, 5) is 53.3. The number of urea groups is 1. The number of imide groups is 1. The Morgan fingerprint density at radius 1 is 1.14 bits per heavy atom. The van der Waals surface area contributed by atoms with Crippen molar-refractivity contribution in [1.29, 1.82) is 0 Å². The van der Waals surface area contributed by atoms with Crippen LogP contribution in [0.5, 0.6) is 5.75 Å². The molecule has 0 bridgehead atoms. The summed E-state index contributed by atoms with van der Waals surface area (Å²) in [6, 6.07) is 8.09. The van der Waals surface area contributed by atoms with Crippen molar-refractivity contribution >= 4 is 40.8 Å². The third kappa shape index (κ3) is 7.21. The highest BCUT2D eigenvalue weighted by Crippen LogP contribution is 2.37. The fraction of sp³-hybridized carbons (Fsp3) is 0.407. The average Bonchev–Trinajstić information content (AvgIpc) is 2.98. The summed E-state index contributed by atoms with van der Waals surface area (Å²) in [6.45, 7) is -0.253. The number of halogens is 1. The van der Waals surface area contributed by atoms with E-state index in [0.29, 0.717) is 17.1 Å². The van der Waals surface area contributed by atoms with E-state index in [1.54, 1.807) is 0 Å². The number of fused-ring (bicyclic) bond motifs is 1. The first-order valence-electron chi connectivity index (χ1n) is 13.6. The van der Waals surface area contributed by atoms with E-state index < -0.39 is 65.9 Å². The smallest absolute Gasteiger partial charge is 0.526 e. The number of piperazine rings is 1. The van der Waals surface area contributed by atoms with Gasteiger partial charge in [-0.25, -0.2) is 22.3 Å². The zero-order valence-electron chi connectivity index (χ0n) is 23.4. The molecule has 2 heterocycles. The van der Waals surface area contributed by atoms with Gasteiger partial charge in [0.1, 0.15) is 18.5 Å². The number of carbonyl (C=O) groups excluding carboxylic acids is 4. The number of para-hydroxylation sites is 1. The number of nitrogens with zero attached hydrogens (tertiary/aromatic N) is 2. The summed E-state index contributed by atoms with van der Waals surface area (Å²) in [5, 5.41) is 22.1.